The van der Waals surface area contributed by atoms with Crippen LogP contribution in [0, 0.1) is 0 Å². The van der Waals surface area contributed by atoms with Gasteiger partial charge in [0.2, 0.25) is 0 Å². The van der Waals surface area contributed by atoms with E-state index in [1.807, 2.05) is 17.8 Å². The van der Waals surface area contributed by atoms with Gasteiger partial charge in [-0.05, 0) is 37.0 Å². The molecule has 0 aromatic carbocycles. The molecule has 0 radical (unpaired) electrons. The second-order valence-electron chi connectivity index (χ2n) is 4.40. The van der Waals surface area contributed by atoms with Gasteiger partial charge in [-0.15, -0.1) is 11.3 Å². The van der Waals surface area contributed by atoms with Crippen LogP contribution in [-0.4, -0.2) is 17.5 Å². The van der Waals surface area contributed by atoms with Gasteiger partial charge in [-0.25, -0.2) is 0 Å². The van der Waals surface area contributed by atoms with Crippen molar-refractivity contribution in [1.29, 1.82) is 0 Å². The Labute approximate surface area is 106 Å². The van der Waals surface area contributed by atoms with Gasteiger partial charge in [0, 0.05) is 28.4 Å². The van der Waals surface area contributed by atoms with E-state index in [2.05, 4.69) is 17.0 Å². The maximum Gasteiger partial charge on any atom is 0.0468 e. The smallest absolute Gasteiger partial charge is 0.0468 e. The number of hydrogen-bond donors (Lipinski definition) is 2. The summed E-state index contributed by atoms with van der Waals surface area (Å²) in [5, 5.41) is 6.57. The highest BCUT2D eigenvalue weighted by Gasteiger charge is 2.20. The number of nitrogens with two attached hydrogens (primary N) is 1. The monoisotopic (exact) mass is 256 g/mol. The van der Waals surface area contributed by atoms with Crippen LogP contribution in [0.2, 0.25) is 0 Å². The fourth-order valence-electron chi connectivity index (χ4n) is 2.28. The van der Waals surface area contributed by atoms with Crippen LogP contribution in [0.4, 0.5) is 5.69 Å². The van der Waals surface area contributed by atoms with Crippen molar-refractivity contribution in [3.8, 4) is 0 Å². The third-order valence-electron chi connectivity index (χ3n) is 3.29. The maximum absolute atomic E-state index is 5.88. The molecule has 0 amide bonds. The first-order valence-corrected chi connectivity index (χ1v) is 8.04. The number of anilines is 1. The summed E-state index contributed by atoms with van der Waals surface area (Å²) in [7, 11) is 0. The molecule has 1 heterocycles. The molecule has 1 aliphatic rings. The molecular formula is C12H20N2S2. The molecule has 0 bridgehead atoms. The number of thiophene rings is 1. The van der Waals surface area contributed by atoms with Crippen molar-refractivity contribution >= 4 is 28.8 Å². The van der Waals surface area contributed by atoms with E-state index in [0.717, 1.165) is 17.5 Å². The van der Waals surface area contributed by atoms with E-state index >= 15 is 0 Å². The van der Waals surface area contributed by atoms with E-state index in [4.69, 9.17) is 5.73 Å². The van der Waals surface area contributed by atoms with Crippen molar-refractivity contribution in [3.05, 3.63) is 16.3 Å². The third kappa shape index (κ3) is 3.15. The van der Waals surface area contributed by atoms with E-state index < -0.39 is 0 Å². The summed E-state index contributed by atoms with van der Waals surface area (Å²) >= 11 is 3.77. The van der Waals surface area contributed by atoms with E-state index in [1.165, 1.54) is 30.6 Å². The minimum atomic E-state index is 0.688. The molecule has 0 saturated heterocycles. The molecule has 0 spiro atoms. The predicted molar refractivity (Wildman–Crippen MR) is 75.1 cm³/mol. The second-order valence-corrected chi connectivity index (χ2v) is 6.54. The normalized spacial score (nSPS) is 25.8. The standard InChI is InChI=1S/C12H20N2S2/c1-15-10-4-2-3-9(7-10)14-8-12-11(13)5-6-16-12/h5-6,9-10,14H,2-4,7-8,13H2,1H3. The second kappa shape index (κ2) is 5.94. The van der Waals surface area contributed by atoms with Gasteiger partial charge in [0.15, 0.2) is 0 Å². The average Bonchev–Trinajstić information content (AvgIpc) is 2.72. The minimum Gasteiger partial charge on any atom is -0.398 e. The average molecular weight is 256 g/mol. The molecule has 1 fully saturated rings. The van der Waals surface area contributed by atoms with Gasteiger partial charge in [-0.1, -0.05) is 6.42 Å². The summed E-state index contributed by atoms with van der Waals surface area (Å²) in [4.78, 5) is 1.28. The molecule has 3 N–H and O–H groups in total. The van der Waals surface area contributed by atoms with Crippen LogP contribution in [0.15, 0.2) is 11.4 Å². The largest absolute Gasteiger partial charge is 0.398 e. The molecule has 0 aliphatic heterocycles. The molecule has 1 aliphatic carbocycles. The van der Waals surface area contributed by atoms with E-state index in [0.29, 0.717) is 6.04 Å². The Balaban J connectivity index is 1.79. The summed E-state index contributed by atoms with van der Waals surface area (Å²) in [6, 6.07) is 2.68. The van der Waals surface area contributed by atoms with Crippen molar-refractivity contribution in [1.82, 2.24) is 5.32 Å². The van der Waals surface area contributed by atoms with Crippen LogP contribution in [-0.2, 0) is 6.54 Å². The van der Waals surface area contributed by atoms with E-state index in [9.17, 15) is 0 Å². The highest BCUT2D eigenvalue weighted by atomic mass is 32.2. The SMILES string of the molecule is CSC1CCCC(NCc2sccc2N)C1. The Kier molecular flexibility index (Phi) is 4.55. The lowest BCUT2D eigenvalue weighted by molar-refractivity contribution is 0.381. The number of thioether (sulfide) groups is 1. The number of rotatable bonds is 4. The first-order valence-electron chi connectivity index (χ1n) is 5.87. The van der Waals surface area contributed by atoms with Gasteiger partial charge >= 0.3 is 0 Å². The number of nitrogen functional groups attached to an aromatic ring is 1. The highest BCUT2D eigenvalue weighted by molar-refractivity contribution is 7.99. The Hall–Kier alpha value is -0.190. The van der Waals surface area contributed by atoms with Gasteiger partial charge < -0.3 is 11.1 Å². The van der Waals surface area contributed by atoms with Crippen molar-refractivity contribution in [2.45, 2.75) is 43.5 Å². The van der Waals surface area contributed by atoms with Gasteiger partial charge in [0.25, 0.3) is 0 Å². The molecule has 90 valence electrons. The first-order chi connectivity index (χ1) is 7.79. The number of hydrogen-bond acceptors (Lipinski definition) is 4. The zero-order valence-electron chi connectivity index (χ0n) is 9.74. The quantitative estimate of drug-likeness (QED) is 0.869. The molecule has 2 unspecified atom stereocenters. The van der Waals surface area contributed by atoms with Crippen LogP contribution in [0.3, 0.4) is 0 Å². The fourth-order valence-corrected chi connectivity index (χ4v) is 3.85. The van der Waals surface area contributed by atoms with E-state index in [1.54, 1.807) is 11.3 Å². The first kappa shape index (κ1) is 12.3. The van der Waals surface area contributed by atoms with Gasteiger partial charge in [0.1, 0.15) is 0 Å². The Morgan fingerprint density at radius 2 is 2.44 bits per heavy atom. The summed E-state index contributed by atoms with van der Waals surface area (Å²) in [5.41, 5.74) is 6.82. The molecular weight excluding hydrogens is 236 g/mol. The highest BCUT2D eigenvalue weighted by Crippen LogP contribution is 2.27. The summed E-state index contributed by atoms with van der Waals surface area (Å²) in [6.07, 6.45) is 7.61. The van der Waals surface area contributed by atoms with Crippen molar-refractivity contribution in [2.24, 2.45) is 0 Å². The van der Waals surface area contributed by atoms with Crippen LogP contribution in [0.1, 0.15) is 30.6 Å². The topological polar surface area (TPSA) is 38.0 Å². The predicted octanol–water partition coefficient (Wildman–Crippen LogP) is 3.09. The van der Waals surface area contributed by atoms with Crippen LogP contribution in [0.25, 0.3) is 0 Å². The maximum atomic E-state index is 5.88. The zero-order valence-corrected chi connectivity index (χ0v) is 11.4. The minimum absolute atomic E-state index is 0.688. The Morgan fingerprint density at radius 3 is 3.12 bits per heavy atom. The fraction of sp³-hybridized carbons (Fsp3) is 0.667. The summed E-state index contributed by atoms with van der Waals surface area (Å²) in [5.74, 6) is 0. The lowest BCUT2D eigenvalue weighted by Crippen LogP contribution is -2.34. The number of nitrogens with one attached hydrogen (secondary N) is 1. The van der Waals surface area contributed by atoms with Crippen LogP contribution >= 0.6 is 23.1 Å². The Morgan fingerprint density at radius 1 is 1.56 bits per heavy atom. The molecule has 2 nitrogen and oxygen atoms in total. The lowest BCUT2D eigenvalue weighted by atomic mass is 9.95. The third-order valence-corrected chi connectivity index (χ3v) is 5.32. The molecule has 2 atom stereocenters. The van der Waals surface area contributed by atoms with E-state index in [-0.39, 0.29) is 0 Å². The van der Waals surface area contributed by atoms with Crippen molar-refractivity contribution < 1.29 is 0 Å². The molecule has 1 saturated carbocycles. The van der Waals surface area contributed by atoms with Gasteiger partial charge in [0.05, 0.1) is 0 Å². The molecule has 1 aromatic rings. The van der Waals surface area contributed by atoms with Gasteiger partial charge in [-0.2, -0.15) is 11.8 Å². The molecule has 16 heavy (non-hydrogen) atoms. The van der Waals surface area contributed by atoms with Crippen molar-refractivity contribution in [2.75, 3.05) is 12.0 Å². The molecule has 4 heteroatoms. The van der Waals surface area contributed by atoms with Crippen molar-refractivity contribution in [3.63, 3.8) is 0 Å². The van der Waals surface area contributed by atoms with Gasteiger partial charge in [-0.3, -0.25) is 0 Å². The van der Waals surface area contributed by atoms with Crippen LogP contribution < -0.4 is 11.1 Å². The lowest BCUT2D eigenvalue weighted by Gasteiger charge is -2.28. The Bertz CT molecular complexity index is 325. The molecule has 1 aromatic heterocycles. The van der Waals surface area contributed by atoms with Crippen LogP contribution in [0.5, 0.6) is 0 Å². The zero-order chi connectivity index (χ0) is 11.4. The summed E-state index contributed by atoms with van der Waals surface area (Å²) < 4.78 is 0. The summed E-state index contributed by atoms with van der Waals surface area (Å²) in [6.45, 7) is 0.940. The molecule has 2 rings (SSSR count).